The van der Waals surface area contributed by atoms with Crippen LogP contribution in [0.4, 0.5) is 11.4 Å². The van der Waals surface area contributed by atoms with E-state index in [1.807, 2.05) is 43.3 Å². The van der Waals surface area contributed by atoms with Gasteiger partial charge in [-0.2, -0.15) is 4.91 Å². The second-order valence-electron chi connectivity index (χ2n) is 4.03. The predicted molar refractivity (Wildman–Crippen MR) is 75.4 cm³/mol. The zero-order valence-electron chi connectivity index (χ0n) is 9.98. The minimum Gasteiger partial charge on any atom is -0.355 e. The van der Waals surface area contributed by atoms with Crippen molar-refractivity contribution in [2.75, 3.05) is 5.32 Å². The van der Waals surface area contributed by atoms with E-state index in [1.54, 1.807) is 6.07 Å². The molecule has 0 fully saturated rings. The number of nitrogens with one attached hydrogen (secondary N) is 1. The average Bonchev–Trinajstić information content (AvgIpc) is 2.36. The number of anilines is 2. The Morgan fingerprint density at radius 3 is 2.67 bits per heavy atom. The van der Waals surface area contributed by atoms with E-state index in [1.165, 1.54) is 0 Å². The van der Waals surface area contributed by atoms with Gasteiger partial charge in [-0.25, -0.2) is 0 Å². The lowest BCUT2D eigenvalue weighted by Gasteiger charge is -2.10. The van der Waals surface area contributed by atoms with Crippen molar-refractivity contribution in [1.82, 2.24) is 0 Å². The number of nitrogens with zero attached hydrogens (tertiary/aromatic N) is 1. The van der Waals surface area contributed by atoms with Gasteiger partial charge in [-0.3, -0.25) is 0 Å². The van der Waals surface area contributed by atoms with Gasteiger partial charge in [-0.1, -0.05) is 41.0 Å². The minimum absolute atomic E-state index is 0.101. The smallest absolute Gasteiger partial charge is 0.108 e. The maximum Gasteiger partial charge on any atom is 0.108 e. The highest BCUT2D eigenvalue weighted by Gasteiger charge is 2.03. The fourth-order valence-electron chi connectivity index (χ4n) is 1.69. The Kier molecular flexibility index (Phi) is 3.95. The van der Waals surface area contributed by atoms with E-state index >= 15 is 0 Å². The third-order valence-corrected chi connectivity index (χ3v) is 3.06. The van der Waals surface area contributed by atoms with E-state index in [-0.39, 0.29) is 6.54 Å². The summed E-state index contributed by atoms with van der Waals surface area (Å²) in [6.45, 7) is 2.14. The van der Waals surface area contributed by atoms with Crippen LogP contribution in [0.3, 0.4) is 0 Å². The first-order valence-electron chi connectivity index (χ1n) is 5.61. The quantitative estimate of drug-likeness (QED) is 0.813. The van der Waals surface area contributed by atoms with Crippen molar-refractivity contribution < 1.29 is 0 Å². The van der Waals surface area contributed by atoms with Gasteiger partial charge in [0.05, 0.1) is 0 Å². The Balaban J connectivity index is 2.23. The van der Waals surface area contributed by atoms with E-state index in [9.17, 15) is 4.91 Å². The number of rotatable bonds is 4. The third-order valence-electron chi connectivity index (χ3n) is 2.71. The first-order valence-corrected chi connectivity index (χ1v) is 5.98. The Morgan fingerprint density at radius 1 is 1.22 bits per heavy atom. The van der Waals surface area contributed by atoms with Gasteiger partial charge in [-0.05, 0) is 36.2 Å². The van der Waals surface area contributed by atoms with Crippen LogP contribution < -0.4 is 5.32 Å². The number of halogens is 1. The van der Waals surface area contributed by atoms with Crippen molar-refractivity contribution in [1.29, 1.82) is 0 Å². The van der Waals surface area contributed by atoms with Crippen LogP contribution in [-0.4, -0.2) is 0 Å². The van der Waals surface area contributed by atoms with Crippen LogP contribution in [0.25, 0.3) is 0 Å². The summed E-state index contributed by atoms with van der Waals surface area (Å²) in [5, 5.41) is 6.68. The highest BCUT2D eigenvalue weighted by Crippen LogP contribution is 2.25. The summed E-state index contributed by atoms with van der Waals surface area (Å²) < 4.78 is 0. The summed E-state index contributed by atoms with van der Waals surface area (Å²) in [6.07, 6.45) is 0. The molecule has 0 amide bonds. The van der Waals surface area contributed by atoms with E-state index < -0.39 is 0 Å². The van der Waals surface area contributed by atoms with Gasteiger partial charge >= 0.3 is 0 Å². The number of benzene rings is 2. The fraction of sp³-hybridized carbons (Fsp3) is 0.143. The monoisotopic (exact) mass is 260 g/mol. The fourth-order valence-corrected chi connectivity index (χ4v) is 1.93. The molecule has 3 nitrogen and oxygen atoms in total. The van der Waals surface area contributed by atoms with Gasteiger partial charge in [0.25, 0.3) is 0 Å². The van der Waals surface area contributed by atoms with Crippen molar-refractivity contribution in [3.05, 3.63) is 63.5 Å². The first kappa shape index (κ1) is 12.6. The molecule has 0 bridgehead atoms. The second kappa shape index (κ2) is 5.65. The zero-order valence-corrected chi connectivity index (χ0v) is 10.7. The van der Waals surface area contributed by atoms with Crippen molar-refractivity contribution in [2.45, 2.75) is 13.5 Å². The average molecular weight is 261 g/mol. The van der Waals surface area contributed by atoms with Crippen LogP contribution >= 0.6 is 11.6 Å². The van der Waals surface area contributed by atoms with Crippen molar-refractivity contribution in [3.8, 4) is 0 Å². The molecular formula is C14H13ClN2O. The zero-order chi connectivity index (χ0) is 13.0. The molecule has 92 valence electrons. The van der Waals surface area contributed by atoms with E-state index in [0.29, 0.717) is 5.02 Å². The van der Waals surface area contributed by atoms with E-state index in [4.69, 9.17) is 11.6 Å². The number of aryl methyl sites for hydroxylation is 1. The third kappa shape index (κ3) is 2.87. The lowest BCUT2D eigenvalue weighted by Crippen LogP contribution is -1.93. The maximum atomic E-state index is 10.2. The van der Waals surface area contributed by atoms with Gasteiger partial charge in [0, 0.05) is 16.4 Å². The van der Waals surface area contributed by atoms with Crippen LogP contribution in [0.1, 0.15) is 11.1 Å². The van der Waals surface area contributed by atoms with Gasteiger partial charge in [0.1, 0.15) is 6.54 Å². The molecule has 0 aliphatic heterocycles. The molecule has 2 aromatic carbocycles. The molecule has 2 aromatic rings. The van der Waals surface area contributed by atoms with Gasteiger partial charge in [-0.15, -0.1) is 0 Å². The minimum atomic E-state index is 0.101. The Labute approximate surface area is 111 Å². The molecule has 0 heterocycles. The molecule has 0 unspecified atom stereocenters. The standard InChI is InChI=1S/C14H13ClN2O/c1-10-4-2-3-5-14(10)17-12-7-6-11(9-16-18)13(15)8-12/h2-8,17H,9H2,1H3. The normalized spacial score (nSPS) is 10.1. The summed E-state index contributed by atoms with van der Waals surface area (Å²) in [4.78, 5) is 10.2. The van der Waals surface area contributed by atoms with Crippen molar-refractivity contribution >= 4 is 23.0 Å². The summed E-state index contributed by atoms with van der Waals surface area (Å²) in [7, 11) is 0. The molecule has 0 radical (unpaired) electrons. The van der Waals surface area contributed by atoms with E-state index in [0.717, 1.165) is 22.5 Å². The Hall–Kier alpha value is -1.87. The van der Waals surface area contributed by atoms with Crippen LogP contribution in [0.15, 0.2) is 47.6 Å². The number of hydrogen-bond donors (Lipinski definition) is 1. The highest BCUT2D eigenvalue weighted by molar-refractivity contribution is 6.31. The van der Waals surface area contributed by atoms with Crippen LogP contribution in [0.5, 0.6) is 0 Å². The summed E-state index contributed by atoms with van der Waals surface area (Å²) >= 11 is 6.08. The second-order valence-corrected chi connectivity index (χ2v) is 4.44. The van der Waals surface area contributed by atoms with E-state index in [2.05, 4.69) is 10.5 Å². The topological polar surface area (TPSA) is 41.5 Å². The molecule has 0 saturated heterocycles. The van der Waals surface area contributed by atoms with Crippen LogP contribution in [0.2, 0.25) is 5.02 Å². The van der Waals surface area contributed by atoms with Gasteiger partial charge in [0.2, 0.25) is 0 Å². The molecule has 4 heteroatoms. The lowest BCUT2D eigenvalue weighted by atomic mass is 10.1. The highest BCUT2D eigenvalue weighted by atomic mass is 35.5. The molecule has 0 saturated carbocycles. The van der Waals surface area contributed by atoms with Crippen LogP contribution in [-0.2, 0) is 6.54 Å². The van der Waals surface area contributed by atoms with Gasteiger partial charge in [0.15, 0.2) is 0 Å². The first-order chi connectivity index (χ1) is 8.70. The predicted octanol–water partition coefficient (Wildman–Crippen LogP) is 4.66. The molecule has 0 spiro atoms. The molecule has 18 heavy (non-hydrogen) atoms. The summed E-state index contributed by atoms with van der Waals surface area (Å²) in [5.74, 6) is 0. The number of hydrogen-bond acceptors (Lipinski definition) is 3. The molecule has 0 atom stereocenters. The number of nitroso groups, excluding NO2 is 1. The molecular weight excluding hydrogens is 248 g/mol. The Morgan fingerprint density at radius 2 is 2.00 bits per heavy atom. The SMILES string of the molecule is Cc1ccccc1Nc1ccc(CN=O)c(Cl)c1. The van der Waals surface area contributed by atoms with Gasteiger partial charge < -0.3 is 5.32 Å². The Bertz CT molecular complexity index is 569. The molecule has 1 N–H and O–H groups in total. The maximum absolute atomic E-state index is 10.2. The van der Waals surface area contributed by atoms with Crippen molar-refractivity contribution in [3.63, 3.8) is 0 Å². The molecule has 0 aliphatic carbocycles. The van der Waals surface area contributed by atoms with Crippen LogP contribution in [0, 0.1) is 11.8 Å². The molecule has 0 aliphatic rings. The lowest BCUT2D eigenvalue weighted by molar-refractivity contribution is 1.06. The number of para-hydroxylation sites is 1. The summed E-state index contributed by atoms with van der Waals surface area (Å²) in [6, 6.07) is 13.5. The van der Waals surface area contributed by atoms with Crippen molar-refractivity contribution in [2.24, 2.45) is 5.18 Å². The summed E-state index contributed by atoms with van der Waals surface area (Å²) in [5.41, 5.74) is 3.83. The molecule has 0 aromatic heterocycles. The largest absolute Gasteiger partial charge is 0.355 e. The molecule has 2 rings (SSSR count).